The Morgan fingerprint density at radius 1 is 1.20 bits per heavy atom. The van der Waals surface area contributed by atoms with Crippen LogP contribution in [0.4, 0.5) is 0 Å². The fraction of sp³-hybridized carbons (Fsp3) is 0.650. The molecule has 140 valence electrons. The minimum absolute atomic E-state index is 0.623. The zero-order valence-corrected chi connectivity index (χ0v) is 15.8. The van der Waals surface area contributed by atoms with Crippen molar-refractivity contribution < 1.29 is 4.74 Å². The number of unbranched alkanes of at least 4 members (excludes halogenated alkanes) is 1. The molecule has 1 aromatic carbocycles. The van der Waals surface area contributed by atoms with Crippen molar-refractivity contribution in [3.63, 3.8) is 0 Å². The van der Waals surface area contributed by atoms with E-state index in [4.69, 9.17) is 4.74 Å². The number of hydrogen-bond acceptors (Lipinski definition) is 3. The van der Waals surface area contributed by atoms with Gasteiger partial charge in [0.2, 0.25) is 0 Å². The van der Waals surface area contributed by atoms with Gasteiger partial charge in [-0.3, -0.25) is 4.99 Å². The number of guanidine groups is 1. The third-order valence-electron chi connectivity index (χ3n) is 4.56. The molecule has 1 atom stereocenters. The third-order valence-corrected chi connectivity index (χ3v) is 4.56. The molecule has 1 saturated heterocycles. The first-order chi connectivity index (χ1) is 12.3. The van der Waals surface area contributed by atoms with Crippen molar-refractivity contribution in [1.29, 1.82) is 0 Å². The summed E-state index contributed by atoms with van der Waals surface area (Å²) in [6, 6.07) is 9.89. The van der Waals surface area contributed by atoms with Gasteiger partial charge in [0.15, 0.2) is 5.96 Å². The van der Waals surface area contributed by atoms with Gasteiger partial charge in [0.25, 0.3) is 0 Å². The van der Waals surface area contributed by atoms with Crippen LogP contribution in [0.3, 0.4) is 0 Å². The Hall–Kier alpha value is -1.75. The van der Waals surface area contributed by atoms with Gasteiger partial charge in [-0.2, -0.15) is 0 Å². The van der Waals surface area contributed by atoms with Crippen LogP contribution in [0.5, 0.6) is 5.75 Å². The van der Waals surface area contributed by atoms with Crippen molar-refractivity contribution in [3.05, 3.63) is 30.3 Å². The van der Waals surface area contributed by atoms with E-state index in [0.717, 1.165) is 30.7 Å². The summed E-state index contributed by atoms with van der Waals surface area (Å²) in [5, 5.41) is 6.67. The second-order valence-electron chi connectivity index (χ2n) is 6.84. The summed E-state index contributed by atoms with van der Waals surface area (Å²) >= 11 is 0. The second kappa shape index (κ2) is 11.7. The highest BCUT2D eigenvalue weighted by atomic mass is 16.5. The lowest BCUT2D eigenvalue weighted by Crippen LogP contribution is -2.40. The van der Waals surface area contributed by atoms with E-state index in [1.54, 1.807) is 0 Å². The van der Waals surface area contributed by atoms with Gasteiger partial charge in [0.1, 0.15) is 12.4 Å². The Bertz CT molecular complexity index is 492. The molecule has 25 heavy (non-hydrogen) atoms. The number of piperidine rings is 1. The first-order valence-electron chi connectivity index (χ1n) is 9.62. The summed E-state index contributed by atoms with van der Waals surface area (Å²) in [5.74, 6) is 2.62. The van der Waals surface area contributed by atoms with E-state index in [-0.39, 0.29) is 0 Å². The topological polar surface area (TPSA) is 48.9 Å². The third kappa shape index (κ3) is 8.25. The van der Waals surface area contributed by atoms with Crippen LogP contribution in [0, 0.1) is 5.92 Å². The van der Waals surface area contributed by atoms with Crippen LogP contribution in [0.1, 0.15) is 32.6 Å². The molecule has 0 saturated carbocycles. The van der Waals surface area contributed by atoms with Gasteiger partial charge in [-0.05, 0) is 56.8 Å². The molecule has 0 bridgehead atoms. The first kappa shape index (κ1) is 19.6. The first-order valence-corrected chi connectivity index (χ1v) is 9.62. The van der Waals surface area contributed by atoms with Crippen molar-refractivity contribution >= 4 is 5.96 Å². The highest BCUT2D eigenvalue weighted by Crippen LogP contribution is 2.15. The molecule has 1 fully saturated rings. The summed E-state index contributed by atoms with van der Waals surface area (Å²) in [6.45, 7) is 8.47. The van der Waals surface area contributed by atoms with E-state index in [9.17, 15) is 0 Å². The molecule has 5 nitrogen and oxygen atoms in total. The molecular formula is C20H34N4O. The fourth-order valence-electron chi connectivity index (χ4n) is 3.23. The zero-order valence-electron chi connectivity index (χ0n) is 15.8. The van der Waals surface area contributed by atoms with E-state index in [0.29, 0.717) is 6.61 Å². The molecule has 0 radical (unpaired) electrons. The number of benzene rings is 1. The molecule has 0 aromatic heterocycles. The van der Waals surface area contributed by atoms with Crippen LogP contribution in [0.25, 0.3) is 0 Å². The van der Waals surface area contributed by atoms with E-state index < -0.39 is 0 Å². The number of para-hydroxylation sites is 1. The van der Waals surface area contributed by atoms with Crippen LogP contribution < -0.4 is 15.4 Å². The van der Waals surface area contributed by atoms with Crippen LogP contribution in [-0.2, 0) is 0 Å². The molecule has 2 rings (SSSR count). The largest absolute Gasteiger partial charge is 0.492 e. The lowest BCUT2D eigenvalue weighted by molar-refractivity contribution is 0.181. The Balaban J connectivity index is 1.49. The predicted octanol–water partition coefficient (Wildman–Crippen LogP) is 2.74. The molecule has 1 heterocycles. The van der Waals surface area contributed by atoms with Gasteiger partial charge in [0, 0.05) is 20.1 Å². The van der Waals surface area contributed by atoms with Crippen molar-refractivity contribution in [2.45, 2.75) is 32.6 Å². The quantitative estimate of drug-likeness (QED) is 0.410. The lowest BCUT2D eigenvalue weighted by Gasteiger charge is -2.30. The second-order valence-corrected chi connectivity index (χ2v) is 6.84. The smallest absolute Gasteiger partial charge is 0.191 e. The maximum absolute atomic E-state index is 5.67. The van der Waals surface area contributed by atoms with Gasteiger partial charge < -0.3 is 20.3 Å². The fourth-order valence-corrected chi connectivity index (χ4v) is 3.23. The van der Waals surface area contributed by atoms with Crippen LogP contribution in [-0.4, -0.2) is 57.2 Å². The molecule has 1 aromatic rings. The highest BCUT2D eigenvalue weighted by Gasteiger charge is 2.15. The molecule has 1 aliphatic rings. The standard InChI is InChI=1S/C20H34N4O/c1-18-9-8-15-24(17-18)14-7-6-12-22-20(21-2)23-13-16-25-19-10-4-3-5-11-19/h3-5,10-11,18H,6-9,12-17H2,1-2H3,(H2,21,22,23). The summed E-state index contributed by atoms with van der Waals surface area (Å²) in [5.41, 5.74) is 0. The zero-order chi connectivity index (χ0) is 17.7. The van der Waals surface area contributed by atoms with Gasteiger partial charge in [0.05, 0.1) is 6.54 Å². The average Bonchev–Trinajstić information content (AvgIpc) is 2.64. The monoisotopic (exact) mass is 346 g/mol. The van der Waals surface area contributed by atoms with Crippen molar-refractivity contribution in [2.75, 3.05) is 46.4 Å². The summed E-state index contributed by atoms with van der Waals surface area (Å²) < 4.78 is 5.67. The van der Waals surface area contributed by atoms with Gasteiger partial charge in [-0.15, -0.1) is 0 Å². The van der Waals surface area contributed by atoms with Gasteiger partial charge in [-0.1, -0.05) is 25.1 Å². The predicted molar refractivity (Wildman–Crippen MR) is 105 cm³/mol. The summed E-state index contributed by atoms with van der Waals surface area (Å²) in [7, 11) is 1.81. The Morgan fingerprint density at radius 3 is 2.76 bits per heavy atom. The highest BCUT2D eigenvalue weighted by molar-refractivity contribution is 5.79. The van der Waals surface area contributed by atoms with Crippen molar-refractivity contribution in [2.24, 2.45) is 10.9 Å². The molecule has 0 amide bonds. The Morgan fingerprint density at radius 2 is 2.00 bits per heavy atom. The molecule has 0 aliphatic carbocycles. The SMILES string of the molecule is CN=C(NCCCCN1CCCC(C)C1)NCCOc1ccccc1. The molecule has 1 unspecified atom stereocenters. The van der Waals surface area contributed by atoms with E-state index >= 15 is 0 Å². The molecular weight excluding hydrogens is 312 g/mol. The van der Waals surface area contributed by atoms with Crippen molar-refractivity contribution in [3.8, 4) is 5.75 Å². The number of likely N-dealkylation sites (tertiary alicyclic amines) is 1. The lowest BCUT2D eigenvalue weighted by atomic mass is 10.0. The number of rotatable bonds is 9. The number of aliphatic imine (C=N–C) groups is 1. The molecule has 5 heteroatoms. The Labute approximate surface area is 152 Å². The maximum atomic E-state index is 5.67. The van der Waals surface area contributed by atoms with Gasteiger partial charge >= 0.3 is 0 Å². The number of hydrogen-bond donors (Lipinski definition) is 2. The number of nitrogens with zero attached hydrogens (tertiary/aromatic N) is 2. The summed E-state index contributed by atoms with van der Waals surface area (Å²) in [6.07, 6.45) is 5.18. The summed E-state index contributed by atoms with van der Waals surface area (Å²) in [4.78, 5) is 6.87. The van der Waals surface area contributed by atoms with Gasteiger partial charge in [-0.25, -0.2) is 0 Å². The Kier molecular flexibility index (Phi) is 9.19. The average molecular weight is 347 g/mol. The minimum Gasteiger partial charge on any atom is -0.492 e. The number of ether oxygens (including phenoxy) is 1. The molecule has 2 N–H and O–H groups in total. The maximum Gasteiger partial charge on any atom is 0.191 e. The van der Waals surface area contributed by atoms with E-state index in [1.165, 1.54) is 45.3 Å². The van der Waals surface area contributed by atoms with Crippen LogP contribution >= 0.6 is 0 Å². The van der Waals surface area contributed by atoms with E-state index in [1.807, 2.05) is 37.4 Å². The minimum atomic E-state index is 0.623. The van der Waals surface area contributed by atoms with Crippen LogP contribution in [0.15, 0.2) is 35.3 Å². The molecule has 0 spiro atoms. The normalized spacial score (nSPS) is 18.8. The van der Waals surface area contributed by atoms with E-state index in [2.05, 4.69) is 27.4 Å². The number of nitrogens with one attached hydrogen (secondary N) is 2. The van der Waals surface area contributed by atoms with Crippen molar-refractivity contribution in [1.82, 2.24) is 15.5 Å². The van der Waals surface area contributed by atoms with Crippen LogP contribution in [0.2, 0.25) is 0 Å². The molecule has 1 aliphatic heterocycles.